The van der Waals surface area contributed by atoms with E-state index in [1.54, 1.807) is 18.2 Å². The maximum atomic E-state index is 5.86. The third-order valence-corrected chi connectivity index (χ3v) is 2.46. The first-order valence-corrected chi connectivity index (χ1v) is 5.58. The summed E-state index contributed by atoms with van der Waals surface area (Å²) in [5.74, 6) is 0. The molecule has 86 valence electrons. The quantitative estimate of drug-likeness (QED) is 0.861. The Labute approximate surface area is 98.8 Å². The first-order valence-electron chi connectivity index (χ1n) is 5.20. The lowest BCUT2D eigenvalue weighted by Gasteiger charge is -2.03. The predicted octanol–water partition coefficient (Wildman–Crippen LogP) is 2.63. The van der Waals surface area contributed by atoms with Gasteiger partial charge in [0.05, 0.1) is 0 Å². The van der Waals surface area contributed by atoms with E-state index < -0.39 is 0 Å². The molecule has 16 heavy (non-hydrogen) atoms. The van der Waals surface area contributed by atoms with E-state index in [9.17, 15) is 0 Å². The van der Waals surface area contributed by atoms with E-state index in [1.807, 2.05) is 6.92 Å². The van der Waals surface area contributed by atoms with Crippen molar-refractivity contribution in [2.75, 3.05) is 11.9 Å². The molecule has 0 aliphatic carbocycles. The molecule has 1 atom stereocenters. The lowest BCUT2D eigenvalue weighted by Crippen LogP contribution is -2.19. The molecule has 0 aliphatic rings. The highest BCUT2D eigenvalue weighted by atomic mass is 35.5. The number of halogens is 1. The van der Waals surface area contributed by atoms with Crippen LogP contribution in [0.15, 0.2) is 22.6 Å². The minimum atomic E-state index is 0.173. The van der Waals surface area contributed by atoms with E-state index >= 15 is 0 Å². The van der Waals surface area contributed by atoms with Gasteiger partial charge in [-0.3, -0.25) is 0 Å². The van der Waals surface area contributed by atoms with Gasteiger partial charge in [-0.2, -0.15) is 4.98 Å². The van der Waals surface area contributed by atoms with Crippen molar-refractivity contribution < 1.29 is 4.42 Å². The molecule has 1 aromatic heterocycles. The molecule has 3 N–H and O–H groups in total. The fourth-order valence-corrected chi connectivity index (χ4v) is 1.55. The van der Waals surface area contributed by atoms with Crippen LogP contribution in [0.3, 0.4) is 0 Å². The number of nitrogens with two attached hydrogens (primary N) is 1. The highest BCUT2D eigenvalue weighted by Crippen LogP contribution is 2.22. The summed E-state index contributed by atoms with van der Waals surface area (Å²) < 4.78 is 5.48. The van der Waals surface area contributed by atoms with Crippen LogP contribution in [0.1, 0.15) is 13.3 Å². The maximum absolute atomic E-state index is 5.86. The Kier molecular flexibility index (Phi) is 3.31. The van der Waals surface area contributed by atoms with E-state index in [4.69, 9.17) is 21.8 Å². The molecule has 0 aliphatic heterocycles. The van der Waals surface area contributed by atoms with Crippen LogP contribution >= 0.6 is 11.6 Å². The number of oxazole rings is 1. The molecule has 0 saturated heterocycles. The first-order chi connectivity index (χ1) is 7.65. The summed E-state index contributed by atoms with van der Waals surface area (Å²) in [4.78, 5) is 4.27. The molecule has 4 nitrogen and oxygen atoms in total. The number of rotatable bonds is 4. The summed E-state index contributed by atoms with van der Waals surface area (Å²) in [6, 6.07) is 6.04. The Hall–Kier alpha value is -1.26. The molecule has 0 fully saturated rings. The van der Waals surface area contributed by atoms with Gasteiger partial charge in [0.1, 0.15) is 5.52 Å². The van der Waals surface area contributed by atoms with Gasteiger partial charge >= 0.3 is 0 Å². The van der Waals surface area contributed by atoms with Crippen molar-refractivity contribution in [1.82, 2.24) is 4.98 Å². The van der Waals surface area contributed by atoms with Crippen LogP contribution in [0.25, 0.3) is 11.1 Å². The molecular weight excluding hydrogens is 226 g/mol. The van der Waals surface area contributed by atoms with Gasteiger partial charge in [-0.1, -0.05) is 11.6 Å². The molecule has 0 radical (unpaired) electrons. The SMILES string of the molecule is C[C@@H](N)CCNc1nc2cc(Cl)ccc2o1. The van der Waals surface area contributed by atoms with Crippen molar-refractivity contribution >= 4 is 28.7 Å². The van der Waals surface area contributed by atoms with Gasteiger partial charge in [0.2, 0.25) is 0 Å². The zero-order valence-corrected chi connectivity index (χ0v) is 9.79. The summed E-state index contributed by atoms with van der Waals surface area (Å²) in [7, 11) is 0. The predicted molar refractivity (Wildman–Crippen MR) is 65.8 cm³/mol. The Morgan fingerprint density at radius 3 is 3.12 bits per heavy atom. The molecule has 5 heteroatoms. The van der Waals surface area contributed by atoms with Gasteiger partial charge < -0.3 is 15.5 Å². The molecule has 0 unspecified atom stereocenters. The van der Waals surface area contributed by atoms with Crippen LogP contribution in [0.2, 0.25) is 5.02 Å². The second-order valence-corrected chi connectivity index (χ2v) is 4.26. The number of hydrogen-bond acceptors (Lipinski definition) is 4. The van der Waals surface area contributed by atoms with Crippen molar-refractivity contribution in [2.24, 2.45) is 5.73 Å². The minimum Gasteiger partial charge on any atom is -0.424 e. The van der Waals surface area contributed by atoms with Crippen LogP contribution in [-0.4, -0.2) is 17.6 Å². The van der Waals surface area contributed by atoms with Gasteiger partial charge in [-0.05, 0) is 31.5 Å². The van der Waals surface area contributed by atoms with Gasteiger partial charge in [-0.15, -0.1) is 0 Å². The summed E-state index contributed by atoms with van der Waals surface area (Å²) in [5, 5.41) is 3.74. The van der Waals surface area contributed by atoms with Gasteiger partial charge in [-0.25, -0.2) is 0 Å². The summed E-state index contributed by atoms with van der Waals surface area (Å²) in [6.07, 6.45) is 0.874. The van der Waals surface area contributed by atoms with Gasteiger partial charge in [0.15, 0.2) is 5.58 Å². The molecule has 2 rings (SSSR count). The fourth-order valence-electron chi connectivity index (χ4n) is 1.38. The molecule has 0 amide bonds. The zero-order chi connectivity index (χ0) is 11.5. The zero-order valence-electron chi connectivity index (χ0n) is 9.03. The van der Waals surface area contributed by atoms with Gasteiger partial charge in [0.25, 0.3) is 6.01 Å². The average molecular weight is 240 g/mol. The lowest BCUT2D eigenvalue weighted by atomic mass is 10.2. The Morgan fingerprint density at radius 2 is 2.38 bits per heavy atom. The third-order valence-electron chi connectivity index (χ3n) is 2.23. The average Bonchev–Trinajstić information content (AvgIpc) is 2.58. The van der Waals surface area contributed by atoms with Crippen LogP contribution in [0.4, 0.5) is 6.01 Å². The second-order valence-electron chi connectivity index (χ2n) is 3.82. The number of aromatic nitrogens is 1. The van der Waals surface area contributed by atoms with E-state index in [0.717, 1.165) is 24.1 Å². The monoisotopic (exact) mass is 239 g/mol. The topological polar surface area (TPSA) is 64.1 Å². The molecule has 1 aromatic carbocycles. The Balaban J connectivity index is 2.08. The van der Waals surface area contributed by atoms with E-state index in [2.05, 4.69) is 10.3 Å². The van der Waals surface area contributed by atoms with Crippen LogP contribution in [0.5, 0.6) is 0 Å². The van der Waals surface area contributed by atoms with Gasteiger partial charge in [0, 0.05) is 17.6 Å². The largest absolute Gasteiger partial charge is 0.424 e. The van der Waals surface area contributed by atoms with Crippen molar-refractivity contribution in [3.05, 3.63) is 23.2 Å². The highest BCUT2D eigenvalue weighted by molar-refractivity contribution is 6.31. The summed E-state index contributed by atoms with van der Waals surface area (Å²) in [6.45, 7) is 2.71. The lowest BCUT2D eigenvalue weighted by molar-refractivity contribution is 0.604. The van der Waals surface area contributed by atoms with Crippen molar-refractivity contribution in [3.63, 3.8) is 0 Å². The molecule has 2 aromatic rings. The minimum absolute atomic E-state index is 0.173. The Morgan fingerprint density at radius 1 is 1.56 bits per heavy atom. The third kappa shape index (κ3) is 2.65. The highest BCUT2D eigenvalue weighted by Gasteiger charge is 2.05. The number of nitrogens with one attached hydrogen (secondary N) is 1. The number of benzene rings is 1. The van der Waals surface area contributed by atoms with Crippen LogP contribution in [-0.2, 0) is 0 Å². The summed E-state index contributed by atoms with van der Waals surface area (Å²) >= 11 is 5.86. The standard InChI is InChI=1S/C11H14ClN3O/c1-7(13)4-5-14-11-15-9-6-8(12)2-3-10(9)16-11/h2-3,6-7H,4-5,13H2,1H3,(H,14,15)/t7-/m1/s1. The normalized spacial score (nSPS) is 12.9. The molecule has 0 saturated carbocycles. The first kappa shape index (κ1) is 11.2. The Bertz CT molecular complexity index is 481. The van der Waals surface area contributed by atoms with Crippen LogP contribution < -0.4 is 11.1 Å². The van der Waals surface area contributed by atoms with E-state index in [0.29, 0.717) is 11.0 Å². The summed E-state index contributed by atoms with van der Waals surface area (Å²) in [5.41, 5.74) is 7.13. The number of nitrogens with zero attached hydrogens (tertiary/aromatic N) is 1. The second kappa shape index (κ2) is 4.72. The molecule has 0 bridgehead atoms. The van der Waals surface area contributed by atoms with Crippen LogP contribution in [0, 0.1) is 0 Å². The number of anilines is 1. The van der Waals surface area contributed by atoms with Crippen molar-refractivity contribution in [1.29, 1.82) is 0 Å². The van der Waals surface area contributed by atoms with Crippen molar-refractivity contribution in [3.8, 4) is 0 Å². The fraction of sp³-hybridized carbons (Fsp3) is 0.364. The molecule has 0 spiro atoms. The number of hydrogen-bond donors (Lipinski definition) is 2. The maximum Gasteiger partial charge on any atom is 0.295 e. The van der Waals surface area contributed by atoms with Crippen molar-refractivity contribution in [2.45, 2.75) is 19.4 Å². The molecular formula is C11H14ClN3O. The smallest absolute Gasteiger partial charge is 0.295 e. The van der Waals surface area contributed by atoms with E-state index in [1.165, 1.54) is 0 Å². The van der Waals surface area contributed by atoms with E-state index in [-0.39, 0.29) is 6.04 Å². The number of fused-ring (bicyclic) bond motifs is 1. The molecule has 1 heterocycles.